The molecule has 0 aromatic carbocycles. The van der Waals surface area contributed by atoms with Crippen molar-refractivity contribution in [2.75, 3.05) is 13.1 Å². The highest BCUT2D eigenvalue weighted by Gasteiger charge is 2.31. The van der Waals surface area contributed by atoms with Crippen molar-refractivity contribution >= 4 is 10.0 Å². The lowest BCUT2D eigenvalue weighted by Crippen LogP contribution is -2.39. The average Bonchev–Trinajstić information content (AvgIpc) is 2.70. The molecule has 1 aliphatic rings. The van der Waals surface area contributed by atoms with Gasteiger partial charge in [0.2, 0.25) is 0 Å². The van der Waals surface area contributed by atoms with Gasteiger partial charge in [0.25, 0.3) is 10.0 Å². The van der Waals surface area contributed by atoms with Gasteiger partial charge in [-0.15, -0.1) is 0 Å². The van der Waals surface area contributed by atoms with Crippen LogP contribution in [0.15, 0.2) is 11.2 Å². The summed E-state index contributed by atoms with van der Waals surface area (Å²) in [7, 11) is -1.80. The molecule has 1 aromatic rings. The van der Waals surface area contributed by atoms with E-state index in [9.17, 15) is 8.42 Å². The molecule has 1 unspecified atom stereocenters. The maximum absolute atomic E-state index is 12.4. The Morgan fingerprint density at radius 1 is 1.56 bits per heavy atom. The highest BCUT2D eigenvalue weighted by molar-refractivity contribution is 7.89. The fourth-order valence-corrected chi connectivity index (χ4v) is 3.60. The number of piperidine rings is 1. The van der Waals surface area contributed by atoms with E-state index in [1.165, 1.54) is 10.5 Å². The van der Waals surface area contributed by atoms with Crippen LogP contribution in [0.2, 0.25) is 0 Å². The Morgan fingerprint density at radius 3 is 2.83 bits per heavy atom. The van der Waals surface area contributed by atoms with Gasteiger partial charge in [-0.1, -0.05) is 0 Å². The predicted octanol–water partition coefficient (Wildman–Crippen LogP) is 0.653. The van der Waals surface area contributed by atoms with Crippen LogP contribution in [0.4, 0.5) is 0 Å². The topological polar surface area (TPSA) is 79.0 Å². The van der Waals surface area contributed by atoms with Crippen molar-refractivity contribution < 1.29 is 8.42 Å². The second kappa shape index (κ2) is 4.71. The molecule has 0 spiro atoms. The van der Waals surface area contributed by atoms with E-state index in [-0.39, 0.29) is 17.5 Å². The summed E-state index contributed by atoms with van der Waals surface area (Å²) >= 11 is 0. The van der Waals surface area contributed by atoms with Gasteiger partial charge in [-0.25, -0.2) is 13.4 Å². The number of aryl methyl sites for hydroxylation is 2. The highest BCUT2D eigenvalue weighted by atomic mass is 32.2. The SMILES string of the molecule is Cc1nc(S(=O)(=O)N2CCCC(C#N)C2)cn1C. The molecule has 6 nitrogen and oxygen atoms in total. The molecule has 0 radical (unpaired) electrons. The Hall–Kier alpha value is -1.39. The molecule has 0 saturated carbocycles. The maximum Gasteiger partial charge on any atom is 0.262 e. The number of hydrogen-bond acceptors (Lipinski definition) is 4. The first-order chi connectivity index (χ1) is 8.45. The second-order valence-electron chi connectivity index (χ2n) is 4.57. The lowest BCUT2D eigenvalue weighted by atomic mass is 10.0. The van der Waals surface area contributed by atoms with Crippen LogP contribution in [-0.2, 0) is 17.1 Å². The van der Waals surface area contributed by atoms with Crippen LogP contribution < -0.4 is 0 Å². The van der Waals surface area contributed by atoms with Gasteiger partial charge in [0, 0.05) is 26.3 Å². The zero-order chi connectivity index (χ0) is 13.3. The third-order valence-electron chi connectivity index (χ3n) is 3.26. The van der Waals surface area contributed by atoms with Crippen molar-refractivity contribution in [3.63, 3.8) is 0 Å². The van der Waals surface area contributed by atoms with Crippen molar-refractivity contribution in [1.29, 1.82) is 5.26 Å². The van der Waals surface area contributed by atoms with E-state index in [4.69, 9.17) is 5.26 Å². The fraction of sp³-hybridized carbons (Fsp3) is 0.636. The van der Waals surface area contributed by atoms with E-state index in [2.05, 4.69) is 11.1 Å². The lowest BCUT2D eigenvalue weighted by molar-refractivity contribution is 0.304. The largest absolute Gasteiger partial charge is 0.337 e. The first-order valence-corrected chi connectivity index (χ1v) is 7.29. The van der Waals surface area contributed by atoms with E-state index in [1.54, 1.807) is 18.5 Å². The molecule has 98 valence electrons. The zero-order valence-corrected chi connectivity index (χ0v) is 11.3. The number of nitriles is 1. The van der Waals surface area contributed by atoms with E-state index in [1.807, 2.05) is 0 Å². The molecule has 0 amide bonds. The van der Waals surface area contributed by atoms with Crippen LogP contribution in [0.3, 0.4) is 0 Å². The number of nitrogens with zero attached hydrogens (tertiary/aromatic N) is 4. The molecule has 1 aromatic heterocycles. The Morgan fingerprint density at radius 2 is 2.28 bits per heavy atom. The van der Waals surface area contributed by atoms with Gasteiger partial charge >= 0.3 is 0 Å². The fourth-order valence-electron chi connectivity index (χ4n) is 2.05. The van der Waals surface area contributed by atoms with Crippen LogP contribution in [0, 0.1) is 24.2 Å². The summed E-state index contributed by atoms with van der Waals surface area (Å²) < 4.78 is 27.8. The smallest absolute Gasteiger partial charge is 0.262 e. The molecular weight excluding hydrogens is 252 g/mol. The Bertz CT molecular complexity index is 565. The first-order valence-electron chi connectivity index (χ1n) is 5.85. The van der Waals surface area contributed by atoms with Gasteiger partial charge in [-0.3, -0.25) is 0 Å². The molecule has 0 bridgehead atoms. The molecule has 0 N–H and O–H groups in total. The number of rotatable bonds is 2. The summed E-state index contributed by atoms with van der Waals surface area (Å²) in [6.45, 7) is 2.50. The zero-order valence-electron chi connectivity index (χ0n) is 10.5. The van der Waals surface area contributed by atoms with Crippen molar-refractivity contribution in [2.45, 2.75) is 24.8 Å². The summed E-state index contributed by atoms with van der Waals surface area (Å²) in [6, 6.07) is 2.14. The third-order valence-corrected chi connectivity index (χ3v) is 4.99. The van der Waals surface area contributed by atoms with E-state index in [0.29, 0.717) is 12.4 Å². The summed E-state index contributed by atoms with van der Waals surface area (Å²) in [4.78, 5) is 4.06. The average molecular weight is 268 g/mol. The first kappa shape index (κ1) is 13.1. The number of aromatic nitrogens is 2. The Labute approximate surface area is 107 Å². The van der Waals surface area contributed by atoms with Gasteiger partial charge in [-0.2, -0.15) is 9.57 Å². The standard InChI is InChI=1S/C11H16N4O2S/c1-9-13-11(8-14(9)2)18(16,17)15-5-3-4-10(6-12)7-15/h8,10H,3-5,7H2,1-2H3. The maximum atomic E-state index is 12.4. The van der Waals surface area contributed by atoms with E-state index in [0.717, 1.165) is 12.8 Å². The van der Waals surface area contributed by atoms with Crippen LogP contribution in [0.5, 0.6) is 0 Å². The van der Waals surface area contributed by atoms with Crippen molar-refractivity contribution in [2.24, 2.45) is 13.0 Å². The molecule has 1 fully saturated rings. The van der Waals surface area contributed by atoms with Gasteiger partial charge in [0.05, 0.1) is 12.0 Å². The van der Waals surface area contributed by atoms with Crippen LogP contribution in [0.1, 0.15) is 18.7 Å². The number of hydrogen-bond donors (Lipinski definition) is 0. The summed E-state index contributed by atoms with van der Waals surface area (Å²) in [5.41, 5.74) is 0. The molecular formula is C11H16N4O2S. The molecule has 7 heteroatoms. The minimum atomic E-state index is -3.56. The molecule has 2 rings (SSSR count). The summed E-state index contributed by atoms with van der Waals surface area (Å²) in [5, 5.41) is 8.97. The summed E-state index contributed by atoms with van der Waals surface area (Å²) in [5.74, 6) is 0.445. The van der Waals surface area contributed by atoms with E-state index < -0.39 is 10.0 Å². The molecule has 18 heavy (non-hydrogen) atoms. The van der Waals surface area contributed by atoms with Crippen molar-refractivity contribution in [3.8, 4) is 6.07 Å². The molecule has 1 saturated heterocycles. The molecule has 1 aliphatic heterocycles. The second-order valence-corrected chi connectivity index (χ2v) is 6.45. The molecule has 0 aliphatic carbocycles. The monoisotopic (exact) mass is 268 g/mol. The number of imidazole rings is 1. The lowest BCUT2D eigenvalue weighted by Gasteiger charge is -2.27. The van der Waals surface area contributed by atoms with E-state index >= 15 is 0 Å². The highest BCUT2D eigenvalue weighted by Crippen LogP contribution is 2.22. The third kappa shape index (κ3) is 2.26. The Balaban J connectivity index is 2.29. The van der Waals surface area contributed by atoms with Gasteiger partial charge < -0.3 is 4.57 Å². The summed E-state index contributed by atoms with van der Waals surface area (Å²) in [6.07, 6.45) is 3.01. The van der Waals surface area contributed by atoms with Crippen molar-refractivity contribution in [3.05, 3.63) is 12.0 Å². The molecule has 1 atom stereocenters. The van der Waals surface area contributed by atoms with Crippen LogP contribution >= 0.6 is 0 Å². The van der Waals surface area contributed by atoms with Crippen LogP contribution in [-0.4, -0.2) is 35.4 Å². The predicted molar refractivity (Wildman–Crippen MR) is 65.0 cm³/mol. The minimum Gasteiger partial charge on any atom is -0.337 e. The minimum absolute atomic E-state index is 0.0705. The van der Waals surface area contributed by atoms with Gasteiger partial charge in [0.1, 0.15) is 5.82 Å². The van der Waals surface area contributed by atoms with Crippen LogP contribution in [0.25, 0.3) is 0 Å². The number of sulfonamides is 1. The van der Waals surface area contributed by atoms with Gasteiger partial charge in [-0.05, 0) is 19.8 Å². The van der Waals surface area contributed by atoms with Gasteiger partial charge in [0.15, 0.2) is 5.03 Å². The molecule has 2 heterocycles. The normalized spacial score (nSPS) is 21.7. The Kier molecular flexibility index (Phi) is 3.41. The quantitative estimate of drug-likeness (QED) is 0.789. The van der Waals surface area contributed by atoms with Crippen molar-refractivity contribution in [1.82, 2.24) is 13.9 Å².